The highest BCUT2D eigenvalue weighted by Gasteiger charge is 2.24. The summed E-state index contributed by atoms with van der Waals surface area (Å²) in [6, 6.07) is 4.22. The number of aryl methyl sites for hydroxylation is 1. The van der Waals surface area contributed by atoms with Crippen LogP contribution in [0.1, 0.15) is 65.5 Å². The van der Waals surface area contributed by atoms with Crippen LogP contribution in [-0.4, -0.2) is 21.0 Å². The van der Waals surface area contributed by atoms with Crippen molar-refractivity contribution in [1.82, 2.24) is 9.97 Å². The molecule has 0 radical (unpaired) electrons. The van der Waals surface area contributed by atoms with E-state index in [0.717, 1.165) is 37.1 Å². The van der Waals surface area contributed by atoms with Gasteiger partial charge in [0, 0.05) is 16.7 Å². The van der Waals surface area contributed by atoms with Crippen molar-refractivity contribution < 1.29 is 14.3 Å². The molecule has 1 N–H and O–H groups in total. The number of nitrogens with zero attached hydrogens (tertiary/aromatic N) is 2. The van der Waals surface area contributed by atoms with Gasteiger partial charge in [0.25, 0.3) is 0 Å². The Bertz CT molecular complexity index is 825. The Morgan fingerprint density at radius 2 is 2.04 bits per heavy atom. The number of halogens is 2. The van der Waals surface area contributed by atoms with Gasteiger partial charge < -0.3 is 5.11 Å². The first-order valence-corrected chi connectivity index (χ1v) is 10.0. The highest BCUT2D eigenvalue weighted by atomic mass is 35.5. The minimum Gasteiger partial charge on any atom is -0.478 e. The summed E-state index contributed by atoms with van der Waals surface area (Å²) in [5.74, 6) is 0.0109. The number of aromatic carboxylic acids is 1. The van der Waals surface area contributed by atoms with Crippen LogP contribution >= 0.6 is 23.4 Å². The zero-order valence-electron chi connectivity index (χ0n) is 14.5. The van der Waals surface area contributed by atoms with Crippen molar-refractivity contribution in [1.29, 1.82) is 0 Å². The van der Waals surface area contributed by atoms with E-state index in [1.807, 2.05) is 0 Å². The fraction of sp³-hybridized carbons (Fsp3) is 0.421. The molecule has 138 valence electrons. The molecule has 0 aliphatic heterocycles. The Balaban J connectivity index is 1.89. The molecule has 4 nitrogen and oxygen atoms in total. The molecule has 1 aromatic heterocycles. The summed E-state index contributed by atoms with van der Waals surface area (Å²) in [5, 5.41) is 10.3. The minimum atomic E-state index is -1.04. The molecular formula is C19H20ClFN2O2S. The maximum absolute atomic E-state index is 13.2. The van der Waals surface area contributed by atoms with Gasteiger partial charge in [-0.1, -0.05) is 36.9 Å². The van der Waals surface area contributed by atoms with Crippen molar-refractivity contribution in [3.8, 4) is 0 Å². The van der Waals surface area contributed by atoms with Crippen LogP contribution in [-0.2, 0) is 5.75 Å². The standard InChI is InChI=1S/C19H20ClFN2O2S/c1-11-16(19(24)25)18(23-17(22-11)12-5-3-2-4-6-12)26-10-13-7-8-14(21)9-15(13)20/h7-9,12H,2-6,10H2,1H3,(H,24,25). The van der Waals surface area contributed by atoms with Crippen molar-refractivity contribution >= 4 is 29.3 Å². The zero-order valence-corrected chi connectivity index (χ0v) is 16.0. The predicted octanol–water partition coefficient (Wildman–Crippen LogP) is 5.62. The van der Waals surface area contributed by atoms with E-state index in [-0.39, 0.29) is 5.56 Å². The lowest BCUT2D eigenvalue weighted by atomic mass is 9.88. The van der Waals surface area contributed by atoms with Crippen molar-refractivity contribution in [2.24, 2.45) is 0 Å². The summed E-state index contributed by atoms with van der Waals surface area (Å²) in [7, 11) is 0. The number of hydrogen-bond acceptors (Lipinski definition) is 4. The van der Waals surface area contributed by atoms with Crippen LogP contribution in [0, 0.1) is 12.7 Å². The second kappa shape index (κ2) is 8.35. The third kappa shape index (κ3) is 4.35. The van der Waals surface area contributed by atoms with Crippen LogP contribution in [0.2, 0.25) is 5.02 Å². The third-order valence-corrected chi connectivity index (χ3v) is 6.01. The van der Waals surface area contributed by atoms with Gasteiger partial charge in [0.05, 0.1) is 5.69 Å². The summed E-state index contributed by atoms with van der Waals surface area (Å²) < 4.78 is 13.2. The Kier molecular flexibility index (Phi) is 6.14. The molecule has 0 amide bonds. The minimum absolute atomic E-state index is 0.132. The van der Waals surface area contributed by atoms with E-state index in [0.29, 0.717) is 27.4 Å². The average molecular weight is 395 g/mol. The van der Waals surface area contributed by atoms with Crippen molar-refractivity contribution in [2.45, 2.75) is 55.7 Å². The molecule has 0 atom stereocenters. The van der Waals surface area contributed by atoms with Crippen LogP contribution in [0.4, 0.5) is 4.39 Å². The smallest absolute Gasteiger partial charge is 0.340 e. The molecular weight excluding hydrogens is 375 g/mol. The lowest BCUT2D eigenvalue weighted by molar-refractivity contribution is 0.0690. The Morgan fingerprint density at radius 1 is 1.31 bits per heavy atom. The van der Waals surface area contributed by atoms with Gasteiger partial charge in [0.1, 0.15) is 22.2 Å². The normalized spacial score (nSPS) is 15.2. The van der Waals surface area contributed by atoms with Crippen LogP contribution < -0.4 is 0 Å². The number of carboxylic acids is 1. The molecule has 0 unspecified atom stereocenters. The molecule has 2 aromatic rings. The SMILES string of the molecule is Cc1nc(C2CCCCC2)nc(SCc2ccc(F)cc2Cl)c1C(=O)O. The van der Waals surface area contributed by atoms with Crippen LogP contribution in [0.15, 0.2) is 23.2 Å². The number of benzene rings is 1. The molecule has 0 bridgehead atoms. The number of thioether (sulfide) groups is 1. The second-order valence-corrected chi connectivity index (χ2v) is 7.88. The lowest BCUT2D eigenvalue weighted by Crippen LogP contribution is -2.14. The van der Waals surface area contributed by atoms with Gasteiger partial charge in [0.2, 0.25) is 0 Å². The number of carboxylic acid groups (broad SMARTS) is 1. The molecule has 1 aromatic carbocycles. The van der Waals surface area contributed by atoms with Gasteiger partial charge in [-0.2, -0.15) is 0 Å². The highest BCUT2D eigenvalue weighted by Crippen LogP contribution is 2.34. The fourth-order valence-electron chi connectivity index (χ4n) is 3.25. The predicted molar refractivity (Wildman–Crippen MR) is 101 cm³/mol. The molecule has 3 rings (SSSR count). The maximum atomic E-state index is 13.2. The number of hydrogen-bond donors (Lipinski definition) is 1. The number of rotatable bonds is 5. The number of aromatic nitrogens is 2. The first-order chi connectivity index (χ1) is 12.5. The molecule has 7 heteroatoms. The molecule has 1 saturated carbocycles. The summed E-state index contributed by atoms with van der Waals surface area (Å²) >= 11 is 7.38. The summed E-state index contributed by atoms with van der Waals surface area (Å²) in [6.07, 6.45) is 5.62. The monoisotopic (exact) mass is 394 g/mol. The third-order valence-electron chi connectivity index (χ3n) is 4.64. The summed E-state index contributed by atoms with van der Waals surface area (Å²) in [5.41, 5.74) is 1.36. The molecule has 26 heavy (non-hydrogen) atoms. The molecule has 0 saturated heterocycles. The van der Waals surface area contributed by atoms with Crippen molar-refractivity contribution in [3.63, 3.8) is 0 Å². The molecule has 0 spiro atoms. The van der Waals surface area contributed by atoms with Crippen molar-refractivity contribution in [2.75, 3.05) is 0 Å². The fourth-order valence-corrected chi connectivity index (χ4v) is 4.64. The maximum Gasteiger partial charge on any atom is 0.340 e. The molecule has 1 fully saturated rings. The second-order valence-electron chi connectivity index (χ2n) is 6.51. The van der Waals surface area contributed by atoms with Gasteiger partial charge in [-0.05, 0) is 37.5 Å². The molecule has 1 aliphatic carbocycles. The van der Waals surface area contributed by atoms with Gasteiger partial charge >= 0.3 is 5.97 Å². The van der Waals surface area contributed by atoms with Crippen LogP contribution in [0.25, 0.3) is 0 Å². The van der Waals surface area contributed by atoms with Gasteiger partial charge in [-0.3, -0.25) is 0 Å². The Morgan fingerprint density at radius 3 is 2.69 bits per heavy atom. The van der Waals surface area contributed by atoms with Gasteiger partial charge in [0.15, 0.2) is 0 Å². The van der Waals surface area contributed by atoms with E-state index in [9.17, 15) is 14.3 Å². The summed E-state index contributed by atoms with van der Waals surface area (Å²) in [6.45, 7) is 1.71. The van der Waals surface area contributed by atoms with Gasteiger partial charge in [-0.25, -0.2) is 19.2 Å². The highest BCUT2D eigenvalue weighted by molar-refractivity contribution is 7.98. The van der Waals surface area contributed by atoms with Crippen molar-refractivity contribution in [3.05, 3.63) is 51.7 Å². The molecule has 1 aliphatic rings. The Hall–Kier alpha value is -1.66. The first-order valence-electron chi connectivity index (χ1n) is 8.64. The van der Waals surface area contributed by atoms with E-state index in [1.165, 1.54) is 30.3 Å². The first kappa shape index (κ1) is 19.1. The van der Waals surface area contributed by atoms with E-state index in [1.54, 1.807) is 13.0 Å². The quantitative estimate of drug-likeness (QED) is 0.527. The average Bonchev–Trinajstić information content (AvgIpc) is 2.61. The Labute approximate surface area is 161 Å². The largest absolute Gasteiger partial charge is 0.478 e. The van der Waals surface area contributed by atoms with Crippen LogP contribution in [0.3, 0.4) is 0 Å². The van der Waals surface area contributed by atoms with E-state index in [2.05, 4.69) is 9.97 Å². The topological polar surface area (TPSA) is 63.1 Å². The van der Waals surface area contributed by atoms with E-state index < -0.39 is 11.8 Å². The summed E-state index contributed by atoms with van der Waals surface area (Å²) in [4.78, 5) is 20.8. The lowest BCUT2D eigenvalue weighted by Gasteiger charge is -2.21. The zero-order chi connectivity index (χ0) is 18.7. The van der Waals surface area contributed by atoms with E-state index >= 15 is 0 Å². The number of carbonyl (C=O) groups is 1. The van der Waals surface area contributed by atoms with Crippen LogP contribution in [0.5, 0.6) is 0 Å². The molecule has 1 heterocycles. The van der Waals surface area contributed by atoms with Gasteiger partial charge in [-0.15, -0.1) is 11.8 Å². The van der Waals surface area contributed by atoms with E-state index in [4.69, 9.17) is 11.6 Å².